The fourth-order valence-corrected chi connectivity index (χ4v) is 2.79. The molecule has 3 N–H and O–H groups in total. The van der Waals surface area contributed by atoms with Gasteiger partial charge in [0.05, 0.1) is 4.92 Å². The van der Waals surface area contributed by atoms with Gasteiger partial charge in [-0.3, -0.25) is 10.1 Å². The lowest BCUT2D eigenvalue weighted by atomic mass is 9.73. The SMILES string of the molecule is CC1(C)CCCCC1Nc1cc(N)cc([N+](=O)[O-])c1. The lowest BCUT2D eigenvalue weighted by molar-refractivity contribution is -0.384. The zero-order chi connectivity index (χ0) is 14.0. The molecule has 2 rings (SSSR count). The number of nitrogen functional groups attached to an aromatic ring is 1. The van der Waals surface area contributed by atoms with Crippen LogP contribution in [0.4, 0.5) is 17.1 Å². The molecule has 1 fully saturated rings. The summed E-state index contributed by atoms with van der Waals surface area (Å²) in [6.45, 7) is 4.48. The molecule has 0 spiro atoms. The molecule has 1 atom stereocenters. The first-order valence-corrected chi connectivity index (χ1v) is 6.70. The molecule has 1 aliphatic carbocycles. The molecule has 0 radical (unpaired) electrons. The molecule has 1 aliphatic rings. The number of nitrogens with zero attached hydrogens (tertiary/aromatic N) is 1. The largest absolute Gasteiger partial charge is 0.398 e. The minimum absolute atomic E-state index is 0.0381. The van der Waals surface area contributed by atoms with Crippen molar-refractivity contribution in [2.24, 2.45) is 5.41 Å². The number of nitrogens with one attached hydrogen (secondary N) is 1. The molecule has 1 aromatic carbocycles. The highest BCUT2D eigenvalue weighted by atomic mass is 16.6. The minimum Gasteiger partial charge on any atom is -0.398 e. The Morgan fingerprint density at radius 1 is 1.37 bits per heavy atom. The smallest absolute Gasteiger partial charge is 0.273 e. The summed E-state index contributed by atoms with van der Waals surface area (Å²) in [6, 6.07) is 5.04. The summed E-state index contributed by atoms with van der Waals surface area (Å²) in [5.41, 5.74) is 7.13. The van der Waals surface area contributed by atoms with Crippen molar-refractivity contribution in [1.82, 2.24) is 0 Å². The number of hydrogen-bond donors (Lipinski definition) is 2. The normalized spacial score (nSPS) is 21.9. The lowest BCUT2D eigenvalue weighted by Crippen LogP contribution is -2.38. The minimum atomic E-state index is -0.409. The summed E-state index contributed by atoms with van der Waals surface area (Å²) in [6.07, 6.45) is 4.72. The van der Waals surface area contributed by atoms with Crippen LogP contribution in [0.15, 0.2) is 18.2 Å². The maximum atomic E-state index is 10.8. The third kappa shape index (κ3) is 3.16. The number of nitro benzene ring substituents is 1. The van der Waals surface area contributed by atoms with E-state index < -0.39 is 4.92 Å². The van der Waals surface area contributed by atoms with Crippen molar-refractivity contribution in [2.75, 3.05) is 11.1 Å². The molecule has 1 saturated carbocycles. The zero-order valence-electron chi connectivity index (χ0n) is 11.5. The standard InChI is InChI=1S/C14H21N3O2/c1-14(2)6-4-3-5-13(14)16-11-7-10(15)8-12(9-11)17(18)19/h7-9,13,16H,3-6,15H2,1-2H3. The Hall–Kier alpha value is -1.78. The molecular formula is C14H21N3O2. The third-order valence-electron chi connectivity index (χ3n) is 4.00. The van der Waals surface area contributed by atoms with Crippen LogP contribution >= 0.6 is 0 Å². The first kappa shape index (κ1) is 13.6. The van der Waals surface area contributed by atoms with Crippen molar-refractivity contribution in [1.29, 1.82) is 0 Å². The maximum Gasteiger partial charge on any atom is 0.273 e. The Morgan fingerprint density at radius 3 is 2.74 bits per heavy atom. The van der Waals surface area contributed by atoms with Crippen LogP contribution in [0.5, 0.6) is 0 Å². The van der Waals surface area contributed by atoms with Crippen LogP contribution in [0.3, 0.4) is 0 Å². The Bertz CT molecular complexity index is 486. The van der Waals surface area contributed by atoms with Gasteiger partial charge in [-0.2, -0.15) is 0 Å². The highest BCUT2D eigenvalue weighted by Crippen LogP contribution is 2.37. The number of nitro groups is 1. The number of rotatable bonds is 3. The molecule has 5 nitrogen and oxygen atoms in total. The summed E-state index contributed by atoms with van der Waals surface area (Å²) < 4.78 is 0. The first-order chi connectivity index (χ1) is 8.88. The zero-order valence-corrected chi connectivity index (χ0v) is 11.5. The van der Waals surface area contributed by atoms with E-state index in [-0.39, 0.29) is 11.1 Å². The van der Waals surface area contributed by atoms with Crippen LogP contribution in [-0.4, -0.2) is 11.0 Å². The number of hydrogen-bond acceptors (Lipinski definition) is 4. The van der Waals surface area contributed by atoms with Gasteiger partial charge in [0.25, 0.3) is 5.69 Å². The predicted molar refractivity (Wildman–Crippen MR) is 77.2 cm³/mol. The molecule has 0 heterocycles. The number of nitrogens with two attached hydrogens (primary N) is 1. The van der Waals surface area contributed by atoms with Crippen molar-refractivity contribution in [3.05, 3.63) is 28.3 Å². The van der Waals surface area contributed by atoms with Gasteiger partial charge >= 0.3 is 0 Å². The molecule has 1 aromatic rings. The highest BCUT2D eigenvalue weighted by molar-refractivity contribution is 5.62. The van der Waals surface area contributed by atoms with E-state index in [9.17, 15) is 10.1 Å². The summed E-state index contributed by atoms with van der Waals surface area (Å²) in [5, 5.41) is 14.3. The Balaban J connectivity index is 2.20. The van der Waals surface area contributed by atoms with Crippen LogP contribution in [0.2, 0.25) is 0 Å². The van der Waals surface area contributed by atoms with Gasteiger partial charge in [0.15, 0.2) is 0 Å². The second-order valence-corrected chi connectivity index (χ2v) is 6.00. The van der Waals surface area contributed by atoms with Crippen molar-refractivity contribution in [3.63, 3.8) is 0 Å². The van der Waals surface area contributed by atoms with Gasteiger partial charge in [0.1, 0.15) is 0 Å². The van der Waals surface area contributed by atoms with Gasteiger partial charge < -0.3 is 11.1 Å². The van der Waals surface area contributed by atoms with Crippen LogP contribution in [0.25, 0.3) is 0 Å². The topological polar surface area (TPSA) is 81.2 Å². The molecule has 5 heteroatoms. The van der Waals surface area contributed by atoms with Gasteiger partial charge in [-0.05, 0) is 24.3 Å². The van der Waals surface area contributed by atoms with Gasteiger partial charge in [0.2, 0.25) is 0 Å². The van der Waals surface area contributed by atoms with E-state index in [1.54, 1.807) is 12.1 Å². The average Bonchev–Trinajstić information content (AvgIpc) is 2.31. The summed E-state index contributed by atoms with van der Waals surface area (Å²) >= 11 is 0. The summed E-state index contributed by atoms with van der Waals surface area (Å²) in [7, 11) is 0. The van der Waals surface area contributed by atoms with E-state index in [1.165, 1.54) is 25.3 Å². The van der Waals surface area contributed by atoms with E-state index in [0.29, 0.717) is 11.7 Å². The second kappa shape index (κ2) is 5.07. The molecule has 0 aliphatic heterocycles. The van der Waals surface area contributed by atoms with Crippen molar-refractivity contribution >= 4 is 17.1 Å². The molecule has 0 bridgehead atoms. The number of non-ortho nitro benzene ring substituents is 1. The van der Waals surface area contributed by atoms with E-state index in [1.807, 2.05) is 0 Å². The molecule has 0 amide bonds. The van der Waals surface area contributed by atoms with Crippen molar-refractivity contribution < 1.29 is 4.92 Å². The van der Waals surface area contributed by atoms with Crippen molar-refractivity contribution in [2.45, 2.75) is 45.6 Å². The van der Waals surface area contributed by atoms with Gasteiger partial charge in [-0.25, -0.2) is 0 Å². The second-order valence-electron chi connectivity index (χ2n) is 6.00. The highest BCUT2D eigenvalue weighted by Gasteiger charge is 2.32. The fourth-order valence-electron chi connectivity index (χ4n) is 2.79. The summed E-state index contributed by atoms with van der Waals surface area (Å²) in [5.74, 6) is 0. The van der Waals surface area contributed by atoms with E-state index in [4.69, 9.17) is 5.73 Å². The van der Waals surface area contributed by atoms with Crippen molar-refractivity contribution in [3.8, 4) is 0 Å². The Morgan fingerprint density at radius 2 is 2.11 bits per heavy atom. The molecule has 1 unspecified atom stereocenters. The maximum absolute atomic E-state index is 10.8. The van der Waals surface area contributed by atoms with Crippen LogP contribution < -0.4 is 11.1 Å². The van der Waals surface area contributed by atoms with E-state index in [0.717, 1.165) is 12.1 Å². The monoisotopic (exact) mass is 263 g/mol. The Labute approximate surface area is 113 Å². The van der Waals surface area contributed by atoms with Gasteiger partial charge in [-0.15, -0.1) is 0 Å². The average molecular weight is 263 g/mol. The lowest BCUT2D eigenvalue weighted by Gasteiger charge is -2.39. The molecular weight excluding hydrogens is 242 g/mol. The summed E-state index contributed by atoms with van der Waals surface area (Å²) in [4.78, 5) is 10.4. The quantitative estimate of drug-likeness (QED) is 0.496. The Kier molecular flexibility index (Phi) is 3.64. The number of anilines is 2. The van der Waals surface area contributed by atoms with Crippen LogP contribution in [0.1, 0.15) is 39.5 Å². The number of benzene rings is 1. The molecule has 19 heavy (non-hydrogen) atoms. The molecule has 0 saturated heterocycles. The van der Waals surface area contributed by atoms with Gasteiger partial charge in [0, 0.05) is 29.5 Å². The first-order valence-electron chi connectivity index (χ1n) is 6.70. The fraction of sp³-hybridized carbons (Fsp3) is 0.571. The molecule has 0 aromatic heterocycles. The van der Waals surface area contributed by atoms with Gasteiger partial charge in [-0.1, -0.05) is 26.7 Å². The molecule has 104 valence electrons. The predicted octanol–water partition coefficient (Wildman–Crippen LogP) is 3.56. The van der Waals surface area contributed by atoms with E-state index >= 15 is 0 Å². The van der Waals surface area contributed by atoms with Crippen LogP contribution in [-0.2, 0) is 0 Å². The van der Waals surface area contributed by atoms with E-state index in [2.05, 4.69) is 19.2 Å². The third-order valence-corrected chi connectivity index (χ3v) is 4.00. The van der Waals surface area contributed by atoms with Crippen LogP contribution in [0, 0.1) is 15.5 Å².